The van der Waals surface area contributed by atoms with Gasteiger partial charge in [-0.1, -0.05) is 33.6 Å². The maximum Gasteiger partial charge on any atom is 0.257 e. The number of halogens is 2. The summed E-state index contributed by atoms with van der Waals surface area (Å²) >= 11 is 9.36. The van der Waals surface area contributed by atoms with E-state index in [1.165, 1.54) is 0 Å². The number of carbonyl (C=O) groups is 1. The summed E-state index contributed by atoms with van der Waals surface area (Å²) in [7, 11) is 0. The molecular weight excluding hydrogens is 340 g/mol. The number of hydrogen-bond donors (Lipinski definition) is 2. The number of carbonyl (C=O) groups excluding carboxylic acids is 1. The highest BCUT2D eigenvalue weighted by atomic mass is 79.9. The molecule has 0 saturated carbocycles. The van der Waals surface area contributed by atoms with Crippen molar-refractivity contribution in [2.75, 3.05) is 11.1 Å². The third kappa shape index (κ3) is 2.97. The van der Waals surface area contributed by atoms with E-state index in [0.717, 1.165) is 21.3 Å². The SMILES string of the molecule is Cc1cc(Br)cc(C)c1NC(=O)c1cccc(Cl)c1N. The van der Waals surface area contributed by atoms with E-state index >= 15 is 0 Å². The molecule has 0 bridgehead atoms. The third-order valence-electron chi connectivity index (χ3n) is 3.03. The van der Waals surface area contributed by atoms with Crippen molar-refractivity contribution in [1.29, 1.82) is 0 Å². The molecule has 0 atom stereocenters. The highest BCUT2D eigenvalue weighted by molar-refractivity contribution is 9.10. The number of nitrogen functional groups attached to an aromatic ring is 1. The Balaban J connectivity index is 2.36. The summed E-state index contributed by atoms with van der Waals surface area (Å²) in [6, 6.07) is 8.91. The van der Waals surface area contributed by atoms with Crippen LogP contribution in [0.25, 0.3) is 0 Å². The number of para-hydroxylation sites is 1. The second kappa shape index (κ2) is 5.85. The van der Waals surface area contributed by atoms with Crippen LogP contribution in [0.2, 0.25) is 5.02 Å². The molecular formula is C15H14BrClN2O. The van der Waals surface area contributed by atoms with Crippen molar-refractivity contribution in [2.24, 2.45) is 0 Å². The normalized spacial score (nSPS) is 10.4. The first-order chi connectivity index (χ1) is 9.40. The molecule has 2 aromatic carbocycles. The fourth-order valence-corrected chi connectivity index (χ4v) is 2.89. The summed E-state index contributed by atoms with van der Waals surface area (Å²) in [5.41, 5.74) is 9.25. The van der Waals surface area contributed by atoms with E-state index in [2.05, 4.69) is 21.2 Å². The minimum absolute atomic E-state index is 0.265. The van der Waals surface area contributed by atoms with Crippen molar-refractivity contribution in [3.05, 3.63) is 56.5 Å². The fraction of sp³-hybridized carbons (Fsp3) is 0.133. The lowest BCUT2D eigenvalue weighted by Crippen LogP contribution is -2.15. The van der Waals surface area contributed by atoms with E-state index in [1.54, 1.807) is 18.2 Å². The van der Waals surface area contributed by atoms with Gasteiger partial charge in [-0.2, -0.15) is 0 Å². The lowest BCUT2D eigenvalue weighted by atomic mass is 10.1. The van der Waals surface area contributed by atoms with Crippen LogP contribution in [0, 0.1) is 13.8 Å². The number of aryl methyl sites for hydroxylation is 2. The summed E-state index contributed by atoms with van der Waals surface area (Å²) in [6.45, 7) is 3.88. The largest absolute Gasteiger partial charge is 0.397 e. The second-order valence-corrected chi connectivity index (χ2v) is 5.89. The van der Waals surface area contributed by atoms with E-state index in [0.29, 0.717) is 16.3 Å². The number of nitrogens with one attached hydrogen (secondary N) is 1. The average Bonchev–Trinajstić information content (AvgIpc) is 2.36. The van der Waals surface area contributed by atoms with Crippen molar-refractivity contribution in [1.82, 2.24) is 0 Å². The van der Waals surface area contributed by atoms with Gasteiger partial charge in [0, 0.05) is 10.2 Å². The van der Waals surface area contributed by atoms with Gasteiger partial charge in [0.25, 0.3) is 5.91 Å². The number of amides is 1. The van der Waals surface area contributed by atoms with Crippen molar-refractivity contribution in [3.8, 4) is 0 Å². The van der Waals surface area contributed by atoms with Crippen LogP contribution in [-0.2, 0) is 0 Å². The molecule has 20 heavy (non-hydrogen) atoms. The van der Waals surface area contributed by atoms with E-state index in [9.17, 15) is 4.79 Å². The molecule has 0 aliphatic rings. The van der Waals surface area contributed by atoms with Gasteiger partial charge >= 0.3 is 0 Å². The van der Waals surface area contributed by atoms with Crippen LogP contribution in [0.5, 0.6) is 0 Å². The zero-order valence-electron chi connectivity index (χ0n) is 11.1. The summed E-state index contributed by atoms with van der Waals surface area (Å²) in [5, 5.41) is 3.27. The Hall–Kier alpha value is -1.52. The highest BCUT2D eigenvalue weighted by Crippen LogP contribution is 2.27. The first kappa shape index (κ1) is 14.9. The number of anilines is 2. The molecule has 0 heterocycles. The Morgan fingerprint density at radius 3 is 2.45 bits per heavy atom. The lowest BCUT2D eigenvalue weighted by molar-refractivity contribution is 0.102. The van der Waals surface area contributed by atoms with E-state index in [1.807, 2.05) is 26.0 Å². The van der Waals surface area contributed by atoms with Crippen LogP contribution in [0.3, 0.4) is 0 Å². The van der Waals surface area contributed by atoms with Gasteiger partial charge in [-0.15, -0.1) is 0 Å². The zero-order chi connectivity index (χ0) is 14.9. The van der Waals surface area contributed by atoms with Crippen LogP contribution in [0.15, 0.2) is 34.8 Å². The van der Waals surface area contributed by atoms with Gasteiger partial charge in [-0.25, -0.2) is 0 Å². The molecule has 0 spiro atoms. The number of benzene rings is 2. The van der Waals surface area contributed by atoms with Crippen LogP contribution < -0.4 is 11.1 Å². The monoisotopic (exact) mass is 352 g/mol. The molecule has 1 amide bonds. The average molecular weight is 354 g/mol. The van der Waals surface area contributed by atoms with Gasteiger partial charge in [-0.05, 0) is 49.2 Å². The van der Waals surface area contributed by atoms with Crippen LogP contribution >= 0.6 is 27.5 Å². The quantitative estimate of drug-likeness (QED) is 0.778. The van der Waals surface area contributed by atoms with Crippen LogP contribution in [0.1, 0.15) is 21.5 Å². The minimum atomic E-state index is -0.265. The van der Waals surface area contributed by atoms with Crippen LogP contribution in [-0.4, -0.2) is 5.91 Å². The fourth-order valence-electron chi connectivity index (χ4n) is 2.02. The van der Waals surface area contributed by atoms with Crippen molar-refractivity contribution >= 4 is 44.8 Å². The molecule has 0 aliphatic carbocycles. The first-order valence-corrected chi connectivity index (χ1v) is 7.19. The van der Waals surface area contributed by atoms with E-state index in [-0.39, 0.29) is 5.91 Å². The topological polar surface area (TPSA) is 55.1 Å². The molecule has 0 unspecified atom stereocenters. The third-order valence-corrected chi connectivity index (χ3v) is 3.82. The zero-order valence-corrected chi connectivity index (χ0v) is 13.5. The lowest BCUT2D eigenvalue weighted by Gasteiger charge is -2.13. The predicted molar refractivity (Wildman–Crippen MR) is 87.4 cm³/mol. The number of rotatable bonds is 2. The smallest absolute Gasteiger partial charge is 0.257 e. The first-order valence-electron chi connectivity index (χ1n) is 6.02. The Morgan fingerprint density at radius 2 is 1.85 bits per heavy atom. The van der Waals surface area contributed by atoms with Gasteiger partial charge in [0.2, 0.25) is 0 Å². The molecule has 2 aromatic rings. The van der Waals surface area contributed by atoms with Crippen molar-refractivity contribution in [2.45, 2.75) is 13.8 Å². The van der Waals surface area contributed by atoms with Gasteiger partial charge in [0.1, 0.15) is 0 Å². The summed E-state index contributed by atoms with van der Waals surface area (Å²) < 4.78 is 0.979. The maximum absolute atomic E-state index is 12.3. The molecule has 5 heteroatoms. The van der Waals surface area contributed by atoms with Gasteiger partial charge in [0.15, 0.2) is 0 Å². The molecule has 3 N–H and O–H groups in total. The Morgan fingerprint density at radius 1 is 1.25 bits per heavy atom. The number of nitrogens with two attached hydrogens (primary N) is 1. The summed E-state index contributed by atoms with van der Waals surface area (Å²) in [5.74, 6) is -0.265. The molecule has 0 aliphatic heterocycles. The maximum atomic E-state index is 12.3. The summed E-state index contributed by atoms with van der Waals surface area (Å²) in [6.07, 6.45) is 0. The Labute approximate surface area is 131 Å². The van der Waals surface area contributed by atoms with Gasteiger partial charge < -0.3 is 11.1 Å². The molecule has 0 saturated heterocycles. The highest BCUT2D eigenvalue weighted by Gasteiger charge is 2.14. The molecule has 2 rings (SSSR count). The standard InChI is InChI=1S/C15H14BrClN2O/c1-8-6-10(16)7-9(2)14(8)19-15(20)11-4-3-5-12(17)13(11)18/h3-7H,18H2,1-2H3,(H,19,20). The number of hydrogen-bond acceptors (Lipinski definition) is 2. The van der Waals surface area contributed by atoms with Gasteiger partial charge in [0.05, 0.1) is 16.3 Å². The van der Waals surface area contributed by atoms with Gasteiger partial charge in [-0.3, -0.25) is 4.79 Å². The predicted octanol–water partition coefficient (Wildman–Crippen LogP) is 4.55. The minimum Gasteiger partial charge on any atom is -0.397 e. The molecule has 0 fully saturated rings. The molecule has 3 nitrogen and oxygen atoms in total. The molecule has 104 valence electrons. The van der Waals surface area contributed by atoms with E-state index < -0.39 is 0 Å². The Kier molecular flexibility index (Phi) is 4.35. The second-order valence-electron chi connectivity index (χ2n) is 4.57. The van der Waals surface area contributed by atoms with Crippen molar-refractivity contribution < 1.29 is 4.79 Å². The van der Waals surface area contributed by atoms with Crippen LogP contribution in [0.4, 0.5) is 11.4 Å². The van der Waals surface area contributed by atoms with Crippen molar-refractivity contribution in [3.63, 3.8) is 0 Å². The molecule has 0 radical (unpaired) electrons. The van der Waals surface area contributed by atoms with E-state index in [4.69, 9.17) is 17.3 Å². The Bertz CT molecular complexity index is 663. The molecule has 0 aromatic heterocycles. The summed E-state index contributed by atoms with van der Waals surface area (Å²) in [4.78, 5) is 12.3.